The highest BCUT2D eigenvalue weighted by Crippen LogP contribution is 2.35. The molecule has 0 aliphatic carbocycles. The number of aliphatic imine (C=N–C) groups is 1. The molecule has 1 aromatic rings. The summed E-state index contributed by atoms with van der Waals surface area (Å²) in [5, 5.41) is 12.4. The van der Waals surface area contributed by atoms with Crippen molar-refractivity contribution in [1.29, 1.82) is 5.26 Å². The van der Waals surface area contributed by atoms with Gasteiger partial charge in [-0.15, -0.1) is 11.3 Å². The monoisotopic (exact) mass is 342 g/mol. The van der Waals surface area contributed by atoms with Crippen LogP contribution in [-0.4, -0.2) is 29.4 Å². The Labute approximate surface area is 145 Å². The third-order valence-corrected chi connectivity index (χ3v) is 5.04. The van der Waals surface area contributed by atoms with E-state index in [0.29, 0.717) is 5.57 Å². The van der Waals surface area contributed by atoms with Crippen LogP contribution in [0, 0.1) is 16.2 Å². The molecule has 6 nitrogen and oxygen atoms in total. The standard InChI is InChI=1S/C17H20N5OS/c1-5-6-13(9-18)7-12(2)14-8-15(24-10-14)17(3)11-22(23)21(4)16(19)20-17/h5-8,10H,1,11H2,2-4H3,(H2,19,20)/q+1. The molecule has 0 radical (unpaired) electrons. The third-order valence-electron chi connectivity index (χ3n) is 3.85. The minimum atomic E-state index is -0.684. The lowest BCUT2D eigenvalue weighted by Crippen LogP contribution is -2.51. The van der Waals surface area contributed by atoms with Gasteiger partial charge in [-0.25, -0.2) is 4.99 Å². The van der Waals surface area contributed by atoms with Crippen molar-refractivity contribution < 1.29 is 4.87 Å². The minimum absolute atomic E-state index is 0.196. The first-order chi connectivity index (χ1) is 11.3. The Morgan fingerprint density at radius 1 is 1.67 bits per heavy atom. The SMILES string of the molecule is C=CC=C(C#N)C=C(C)c1csc(C2(C)C[N+](=O)N(C)C(N)=N2)c1. The second-order valence-electron chi connectivity index (χ2n) is 5.77. The summed E-state index contributed by atoms with van der Waals surface area (Å²) in [6, 6.07) is 4.12. The highest BCUT2D eigenvalue weighted by atomic mass is 32.1. The molecule has 24 heavy (non-hydrogen) atoms. The molecule has 1 atom stereocenters. The summed E-state index contributed by atoms with van der Waals surface area (Å²) in [4.78, 5) is 18.3. The number of nitrogens with zero attached hydrogens (tertiary/aromatic N) is 4. The van der Waals surface area contributed by atoms with Crippen molar-refractivity contribution in [2.75, 3.05) is 13.6 Å². The fourth-order valence-corrected chi connectivity index (χ4v) is 3.43. The molecule has 2 rings (SSSR count). The topological polar surface area (TPSA) is 85.5 Å². The predicted molar refractivity (Wildman–Crippen MR) is 97.1 cm³/mol. The van der Waals surface area contributed by atoms with E-state index in [2.05, 4.69) is 17.6 Å². The Morgan fingerprint density at radius 2 is 2.38 bits per heavy atom. The van der Waals surface area contributed by atoms with Crippen LogP contribution in [0.4, 0.5) is 0 Å². The lowest BCUT2D eigenvalue weighted by Gasteiger charge is -2.26. The first-order valence-corrected chi connectivity index (χ1v) is 8.23. The van der Waals surface area contributed by atoms with Gasteiger partial charge in [-0.1, -0.05) is 17.7 Å². The molecule has 7 heteroatoms. The highest BCUT2D eigenvalue weighted by molar-refractivity contribution is 7.10. The number of rotatable bonds is 4. The number of guanidine groups is 1. The average Bonchev–Trinajstić information content (AvgIpc) is 3.03. The molecule has 1 aromatic heterocycles. The second-order valence-corrected chi connectivity index (χ2v) is 6.69. The quantitative estimate of drug-likeness (QED) is 0.518. The van der Waals surface area contributed by atoms with Crippen molar-refractivity contribution in [1.82, 2.24) is 5.01 Å². The fraction of sp³-hybridized carbons (Fsp3) is 0.294. The van der Waals surface area contributed by atoms with E-state index in [4.69, 9.17) is 11.0 Å². The number of hydrogen-bond donors (Lipinski definition) is 1. The molecule has 1 aliphatic heterocycles. The maximum atomic E-state index is 12.0. The summed E-state index contributed by atoms with van der Waals surface area (Å²) in [5.41, 5.74) is 7.64. The van der Waals surface area contributed by atoms with Crippen LogP contribution in [-0.2, 0) is 5.54 Å². The minimum Gasteiger partial charge on any atom is -0.365 e. The van der Waals surface area contributed by atoms with Gasteiger partial charge in [0.05, 0.1) is 23.6 Å². The summed E-state index contributed by atoms with van der Waals surface area (Å²) in [6.07, 6.45) is 5.05. The Kier molecular flexibility index (Phi) is 5.00. The predicted octanol–water partition coefficient (Wildman–Crippen LogP) is 2.96. The Hall–Kier alpha value is -2.72. The van der Waals surface area contributed by atoms with E-state index in [-0.39, 0.29) is 12.5 Å². The molecular formula is C17H20N5OS+. The van der Waals surface area contributed by atoms with Gasteiger partial charge in [0.2, 0.25) is 0 Å². The Bertz CT molecular complexity index is 811. The number of nitroso groups, excluding NO2 is 1. The van der Waals surface area contributed by atoms with Gasteiger partial charge in [-0.2, -0.15) is 5.26 Å². The molecule has 1 unspecified atom stereocenters. The smallest absolute Gasteiger partial charge is 0.255 e. The van der Waals surface area contributed by atoms with Gasteiger partial charge < -0.3 is 5.73 Å². The van der Waals surface area contributed by atoms with Crippen molar-refractivity contribution in [2.45, 2.75) is 19.4 Å². The van der Waals surface area contributed by atoms with Crippen molar-refractivity contribution in [3.05, 3.63) is 57.2 Å². The van der Waals surface area contributed by atoms with Gasteiger partial charge >= 0.3 is 0 Å². The first kappa shape index (κ1) is 17.6. The summed E-state index contributed by atoms with van der Waals surface area (Å²) in [6.45, 7) is 7.64. The normalized spacial score (nSPS) is 22.2. The Morgan fingerprint density at radius 3 is 2.96 bits per heavy atom. The van der Waals surface area contributed by atoms with Crippen molar-refractivity contribution >= 4 is 22.9 Å². The lowest BCUT2D eigenvalue weighted by molar-refractivity contribution is -0.688. The first-order valence-electron chi connectivity index (χ1n) is 7.35. The molecule has 2 N–H and O–H groups in total. The zero-order valence-corrected chi connectivity index (χ0v) is 14.8. The molecule has 0 aromatic carbocycles. The number of nitrogens with two attached hydrogens (primary N) is 1. The molecule has 0 saturated heterocycles. The van der Waals surface area contributed by atoms with E-state index >= 15 is 0 Å². The fourth-order valence-electron chi connectivity index (χ4n) is 2.36. The van der Waals surface area contributed by atoms with Crippen LogP contribution in [0.3, 0.4) is 0 Å². The second kappa shape index (κ2) is 6.81. The van der Waals surface area contributed by atoms with Gasteiger partial charge in [0.25, 0.3) is 12.5 Å². The summed E-state index contributed by atoms with van der Waals surface area (Å²) < 4.78 is 0. The van der Waals surface area contributed by atoms with Gasteiger partial charge in [-0.3, -0.25) is 0 Å². The van der Waals surface area contributed by atoms with Crippen LogP contribution < -0.4 is 5.73 Å². The van der Waals surface area contributed by atoms with E-state index < -0.39 is 5.54 Å². The summed E-state index contributed by atoms with van der Waals surface area (Å²) in [5.74, 6) is 0.196. The zero-order valence-electron chi connectivity index (χ0n) is 14.0. The van der Waals surface area contributed by atoms with Crippen LogP contribution >= 0.6 is 11.3 Å². The number of hydrazine groups is 1. The van der Waals surface area contributed by atoms with Gasteiger partial charge in [0.1, 0.15) is 4.87 Å². The largest absolute Gasteiger partial charge is 0.365 e. The van der Waals surface area contributed by atoms with E-state index in [1.807, 2.05) is 31.4 Å². The van der Waals surface area contributed by atoms with Crippen molar-refractivity contribution in [3.63, 3.8) is 0 Å². The molecule has 0 spiro atoms. The van der Waals surface area contributed by atoms with Crippen LogP contribution in [0.2, 0.25) is 0 Å². The van der Waals surface area contributed by atoms with Crippen LogP contribution in [0.15, 0.2) is 46.8 Å². The van der Waals surface area contributed by atoms with Gasteiger partial charge in [0, 0.05) is 4.88 Å². The van der Waals surface area contributed by atoms with Crippen LogP contribution in [0.1, 0.15) is 24.3 Å². The maximum Gasteiger partial charge on any atom is 0.255 e. The molecule has 2 heterocycles. The average molecular weight is 342 g/mol. The van der Waals surface area contributed by atoms with Gasteiger partial charge in [0.15, 0.2) is 5.54 Å². The molecule has 0 amide bonds. The van der Waals surface area contributed by atoms with Crippen LogP contribution in [0.25, 0.3) is 5.57 Å². The third kappa shape index (κ3) is 3.44. The van der Waals surface area contributed by atoms with Crippen molar-refractivity contribution in [2.24, 2.45) is 10.7 Å². The maximum absolute atomic E-state index is 12.0. The van der Waals surface area contributed by atoms with E-state index in [9.17, 15) is 4.91 Å². The summed E-state index contributed by atoms with van der Waals surface area (Å²) in [7, 11) is 1.59. The summed E-state index contributed by atoms with van der Waals surface area (Å²) >= 11 is 1.53. The van der Waals surface area contributed by atoms with E-state index in [0.717, 1.165) is 20.9 Å². The molecule has 0 saturated carbocycles. The van der Waals surface area contributed by atoms with E-state index in [1.165, 1.54) is 16.3 Å². The molecular weight excluding hydrogens is 322 g/mol. The number of nitriles is 1. The number of thiophene rings is 1. The number of allylic oxidation sites excluding steroid dienone is 5. The van der Waals surface area contributed by atoms with E-state index in [1.54, 1.807) is 19.2 Å². The molecule has 0 bridgehead atoms. The Balaban J connectivity index is 2.36. The van der Waals surface area contributed by atoms with Crippen molar-refractivity contribution in [3.8, 4) is 6.07 Å². The number of hydrogen-bond acceptors (Lipinski definition) is 5. The van der Waals surface area contributed by atoms with Crippen LogP contribution in [0.5, 0.6) is 0 Å². The molecule has 124 valence electrons. The molecule has 0 fully saturated rings. The molecule has 1 aliphatic rings. The highest BCUT2D eigenvalue weighted by Gasteiger charge is 2.43. The van der Waals surface area contributed by atoms with Gasteiger partial charge in [-0.05, 0) is 48.6 Å². The lowest BCUT2D eigenvalue weighted by atomic mass is 9.98. The zero-order chi connectivity index (χ0) is 17.9.